The third-order valence-corrected chi connectivity index (χ3v) is 7.48. The second-order valence-corrected chi connectivity index (χ2v) is 9.99. The molecule has 0 saturated carbocycles. The molecule has 3 heterocycles. The standard InChI is InChI=1S/C32H35N7O/c1-5-29(40)38(4)27-8-6-7-23(17-27)30-28-18-24(25(19-33)20-34-2)21-35-32(28)36-31(30)22-9-11-26(12-10-22)39-15-13-37(3)14-16-39/h5-12,17-21H,1,13-16,33H2,2-4H3,(H,35,36)/b25-19+,34-20?. The van der Waals surface area contributed by atoms with Crippen molar-refractivity contribution >= 4 is 40.1 Å². The summed E-state index contributed by atoms with van der Waals surface area (Å²) in [6.07, 6.45) is 6.38. The summed E-state index contributed by atoms with van der Waals surface area (Å²) in [5, 5.41) is 0.953. The molecule has 0 atom stereocenters. The van der Waals surface area contributed by atoms with Gasteiger partial charge in [-0.25, -0.2) is 4.98 Å². The van der Waals surface area contributed by atoms with E-state index in [2.05, 4.69) is 69.8 Å². The van der Waals surface area contributed by atoms with E-state index >= 15 is 0 Å². The van der Waals surface area contributed by atoms with E-state index in [4.69, 9.17) is 10.7 Å². The summed E-state index contributed by atoms with van der Waals surface area (Å²) in [7, 11) is 5.63. The van der Waals surface area contributed by atoms with E-state index in [9.17, 15) is 4.79 Å². The highest BCUT2D eigenvalue weighted by Crippen LogP contribution is 2.40. The smallest absolute Gasteiger partial charge is 0.250 e. The largest absolute Gasteiger partial charge is 0.404 e. The number of allylic oxidation sites excluding steroid dienone is 1. The first-order chi connectivity index (χ1) is 19.4. The van der Waals surface area contributed by atoms with Crippen molar-refractivity contribution in [1.82, 2.24) is 14.9 Å². The number of aliphatic imine (C=N–C) groups is 1. The summed E-state index contributed by atoms with van der Waals surface area (Å²) in [4.78, 5) is 31.2. The Labute approximate surface area is 235 Å². The molecule has 2 aromatic carbocycles. The van der Waals surface area contributed by atoms with Crippen LogP contribution in [0.15, 0.2) is 84.6 Å². The van der Waals surface area contributed by atoms with Crippen LogP contribution < -0.4 is 15.5 Å². The predicted molar refractivity (Wildman–Crippen MR) is 167 cm³/mol. The van der Waals surface area contributed by atoms with Crippen LogP contribution in [0.25, 0.3) is 39.0 Å². The molecule has 8 nitrogen and oxygen atoms in total. The molecule has 5 rings (SSSR count). The molecular formula is C32H35N7O. The van der Waals surface area contributed by atoms with Crippen LogP contribution in [-0.2, 0) is 4.79 Å². The number of aromatic amines is 1. The van der Waals surface area contributed by atoms with Crippen LogP contribution >= 0.6 is 0 Å². The molecule has 1 aliphatic heterocycles. The number of aromatic nitrogens is 2. The van der Waals surface area contributed by atoms with Gasteiger partial charge in [-0.2, -0.15) is 0 Å². The minimum atomic E-state index is -0.170. The van der Waals surface area contributed by atoms with Crippen LogP contribution in [0.2, 0.25) is 0 Å². The highest BCUT2D eigenvalue weighted by atomic mass is 16.2. The SMILES string of the molecule is C=CC(=O)N(C)c1cccc(-c2c(-c3ccc(N4CCN(C)CC4)cc3)[nH]c3ncc(/C(C=NC)=C/N)cc23)c1. The van der Waals surface area contributed by atoms with Gasteiger partial charge in [-0.05, 0) is 54.6 Å². The van der Waals surface area contributed by atoms with Gasteiger partial charge in [-0.3, -0.25) is 9.79 Å². The number of anilines is 2. The molecule has 0 radical (unpaired) electrons. The average molecular weight is 534 g/mol. The minimum Gasteiger partial charge on any atom is -0.404 e. The van der Waals surface area contributed by atoms with Crippen LogP contribution in [0, 0.1) is 0 Å². The van der Waals surface area contributed by atoms with Gasteiger partial charge in [-0.1, -0.05) is 30.8 Å². The number of amides is 1. The maximum atomic E-state index is 12.4. The van der Waals surface area contributed by atoms with Crippen molar-refractivity contribution in [3.8, 4) is 22.4 Å². The van der Waals surface area contributed by atoms with Crippen LogP contribution in [0.5, 0.6) is 0 Å². The van der Waals surface area contributed by atoms with Crippen LogP contribution in [-0.4, -0.2) is 74.3 Å². The Bertz CT molecular complexity index is 1590. The lowest BCUT2D eigenvalue weighted by Crippen LogP contribution is -2.44. The molecule has 8 heteroatoms. The Morgan fingerprint density at radius 3 is 2.52 bits per heavy atom. The highest BCUT2D eigenvalue weighted by molar-refractivity contribution is 6.12. The quantitative estimate of drug-likeness (QED) is 0.263. The first-order valence-corrected chi connectivity index (χ1v) is 13.3. The lowest BCUT2D eigenvalue weighted by atomic mass is 9.97. The molecular weight excluding hydrogens is 498 g/mol. The van der Waals surface area contributed by atoms with Crippen LogP contribution in [0.4, 0.5) is 11.4 Å². The number of likely N-dealkylation sites (N-methyl/N-ethyl adjacent to an activating group) is 2. The molecule has 2 aromatic heterocycles. The fourth-order valence-electron chi connectivity index (χ4n) is 5.14. The molecule has 0 unspecified atom stereocenters. The molecule has 3 N–H and O–H groups in total. The molecule has 0 spiro atoms. The van der Waals surface area contributed by atoms with E-state index < -0.39 is 0 Å². The third-order valence-electron chi connectivity index (χ3n) is 7.48. The highest BCUT2D eigenvalue weighted by Gasteiger charge is 2.20. The van der Waals surface area contributed by atoms with Crippen molar-refractivity contribution in [1.29, 1.82) is 0 Å². The first kappa shape index (κ1) is 26.9. The third kappa shape index (κ3) is 5.26. The number of rotatable bonds is 7. The van der Waals surface area contributed by atoms with Crippen molar-refractivity contribution in [2.75, 3.05) is 57.1 Å². The van der Waals surface area contributed by atoms with E-state index in [0.717, 1.165) is 76.4 Å². The van der Waals surface area contributed by atoms with Gasteiger partial charge in [0.15, 0.2) is 0 Å². The number of carbonyl (C=O) groups excluding carboxylic acids is 1. The van der Waals surface area contributed by atoms with E-state index in [0.29, 0.717) is 0 Å². The molecule has 1 aliphatic rings. The number of benzene rings is 2. The molecule has 204 valence electrons. The van der Waals surface area contributed by atoms with E-state index in [1.54, 1.807) is 31.4 Å². The Kier molecular flexibility index (Phi) is 7.79. The molecule has 40 heavy (non-hydrogen) atoms. The van der Waals surface area contributed by atoms with Gasteiger partial charge >= 0.3 is 0 Å². The molecule has 0 bridgehead atoms. The first-order valence-electron chi connectivity index (χ1n) is 13.3. The monoisotopic (exact) mass is 533 g/mol. The number of fused-ring (bicyclic) bond motifs is 1. The maximum absolute atomic E-state index is 12.4. The number of nitrogens with two attached hydrogens (primary N) is 1. The number of nitrogens with zero attached hydrogens (tertiary/aromatic N) is 5. The lowest BCUT2D eigenvalue weighted by molar-refractivity contribution is -0.113. The molecule has 4 aromatic rings. The fraction of sp³-hybridized carbons (Fsp3) is 0.219. The zero-order valence-corrected chi connectivity index (χ0v) is 23.3. The number of carbonyl (C=O) groups is 1. The normalized spacial score (nSPS) is 14.7. The van der Waals surface area contributed by atoms with Crippen molar-refractivity contribution in [2.45, 2.75) is 0 Å². The van der Waals surface area contributed by atoms with Crippen LogP contribution in [0.1, 0.15) is 5.56 Å². The zero-order valence-electron chi connectivity index (χ0n) is 23.3. The number of H-pyrrole nitrogens is 1. The van der Waals surface area contributed by atoms with Gasteiger partial charge in [0, 0.05) is 92.3 Å². The lowest BCUT2D eigenvalue weighted by Gasteiger charge is -2.34. The predicted octanol–water partition coefficient (Wildman–Crippen LogP) is 4.80. The topological polar surface area (TPSA) is 93.9 Å². The van der Waals surface area contributed by atoms with E-state index in [1.807, 2.05) is 18.2 Å². The van der Waals surface area contributed by atoms with Gasteiger partial charge in [0.2, 0.25) is 5.91 Å². The molecule has 0 aliphatic carbocycles. The Hall–Kier alpha value is -4.69. The number of piperazine rings is 1. The zero-order chi connectivity index (χ0) is 28.2. The summed E-state index contributed by atoms with van der Waals surface area (Å²) < 4.78 is 0. The van der Waals surface area contributed by atoms with Crippen molar-refractivity contribution in [2.24, 2.45) is 10.7 Å². The van der Waals surface area contributed by atoms with Crippen molar-refractivity contribution in [3.63, 3.8) is 0 Å². The molecule has 1 fully saturated rings. The summed E-state index contributed by atoms with van der Waals surface area (Å²) in [6.45, 7) is 7.78. The minimum absolute atomic E-state index is 0.170. The Morgan fingerprint density at radius 2 is 1.85 bits per heavy atom. The van der Waals surface area contributed by atoms with E-state index in [-0.39, 0.29) is 5.91 Å². The average Bonchev–Trinajstić information content (AvgIpc) is 3.38. The van der Waals surface area contributed by atoms with Crippen LogP contribution in [0.3, 0.4) is 0 Å². The number of nitrogens with one attached hydrogen (secondary N) is 1. The van der Waals surface area contributed by atoms with Crippen molar-refractivity contribution in [3.05, 3.63) is 85.2 Å². The van der Waals surface area contributed by atoms with Gasteiger partial charge < -0.3 is 25.4 Å². The van der Waals surface area contributed by atoms with Gasteiger partial charge in [0.05, 0.1) is 5.69 Å². The summed E-state index contributed by atoms with van der Waals surface area (Å²) in [6, 6.07) is 18.7. The second kappa shape index (κ2) is 11.6. The van der Waals surface area contributed by atoms with Gasteiger partial charge in [0.25, 0.3) is 0 Å². The summed E-state index contributed by atoms with van der Waals surface area (Å²) in [5.74, 6) is -0.170. The molecule has 1 saturated heterocycles. The Balaban J connectivity index is 1.65. The summed E-state index contributed by atoms with van der Waals surface area (Å²) in [5.41, 5.74) is 14.3. The second-order valence-electron chi connectivity index (χ2n) is 9.99. The van der Waals surface area contributed by atoms with Gasteiger partial charge in [0.1, 0.15) is 5.65 Å². The summed E-state index contributed by atoms with van der Waals surface area (Å²) >= 11 is 0. The van der Waals surface area contributed by atoms with Gasteiger partial charge in [-0.15, -0.1) is 0 Å². The maximum Gasteiger partial charge on any atom is 0.250 e. The Morgan fingerprint density at radius 1 is 1.10 bits per heavy atom. The van der Waals surface area contributed by atoms with E-state index in [1.165, 1.54) is 18.0 Å². The number of pyridine rings is 1. The number of hydrogen-bond donors (Lipinski definition) is 2. The van der Waals surface area contributed by atoms with Crippen molar-refractivity contribution < 1.29 is 4.79 Å². The molecule has 1 amide bonds. The fourth-order valence-corrected chi connectivity index (χ4v) is 5.14. The number of hydrogen-bond acceptors (Lipinski definition) is 6.